The molecule has 0 aliphatic rings. The molecular weight excluding hydrogens is 410 g/mol. The molecule has 0 N–H and O–H groups in total. The lowest BCUT2D eigenvalue weighted by Crippen LogP contribution is -2.31. The van der Waals surface area contributed by atoms with Crippen LogP contribution in [0.3, 0.4) is 0 Å². The van der Waals surface area contributed by atoms with E-state index in [0.29, 0.717) is 19.5 Å². The molecule has 0 saturated carbocycles. The molecule has 4 heteroatoms. The van der Waals surface area contributed by atoms with Gasteiger partial charge in [-0.3, -0.25) is 4.79 Å². The van der Waals surface area contributed by atoms with E-state index in [4.69, 9.17) is 9.47 Å². The summed E-state index contributed by atoms with van der Waals surface area (Å²) in [7, 11) is 1.71. The van der Waals surface area contributed by atoms with Crippen LogP contribution >= 0.6 is 0 Å². The van der Waals surface area contributed by atoms with Crippen LogP contribution < -0.4 is 9.47 Å². The zero-order valence-electron chi connectivity index (χ0n) is 20.2. The molecule has 0 spiro atoms. The summed E-state index contributed by atoms with van der Waals surface area (Å²) in [6.07, 6.45) is 1.42. The van der Waals surface area contributed by atoms with Gasteiger partial charge in [0.1, 0.15) is 11.5 Å². The minimum Gasteiger partial charge on any atom is -0.496 e. The lowest BCUT2D eigenvalue weighted by Gasteiger charge is -2.27. The van der Waals surface area contributed by atoms with Gasteiger partial charge in [-0.05, 0) is 49.6 Å². The molecule has 0 saturated heterocycles. The Morgan fingerprint density at radius 3 is 2.21 bits per heavy atom. The Kier molecular flexibility index (Phi) is 8.94. The van der Waals surface area contributed by atoms with Gasteiger partial charge >= 0.3 is 0 Å². The van der Waals surface area contributed by atoms with Crippen molar-refractivity contribution in [1.29, 1.82) is 0 Å². The van der Waals surface area contributed by atoms with Gasteiger partial charge in [-0.1, -0.05) is 67.6 Å². The fourth-order valence-corrected chi connectivity index (χ4v) is 4.11. The summed E-state index contributed by atoms with van der Waals surface area (Å²) >= 11 is 0. The van der Waals surface area contributed by atoms with Crippen molar-refractivity contribution in [2.75, 3.05) is 13.7 Å². The number of para-hydroxylation sites is 1. The Morgan fingerprint density at radius 2 is 1.58 bits per heavy atom. The Morgan fingerprint density at radius 1 is 0.909 bits per heavy atom. The van der Waals surface area contributed by atoms with Crippen molar-refractivity contribution >= 4 is 5.91 Å². The largest absolute Gasteiger partial charge is 0.496 e. The van der Waals surface area contributed by atoms with E-state index in [-0.39, 0.29) is 17.9 Å². The van der Waals surface area contributed by atoms with E-state index in [0.717, 1.165) is 29.0 Å². The van der Waals surface area contributed by atoms with Crippen molar-refractivity contribution in [3.8, 4) is 11.5 Å². The summed E-state index contributed by atoms with van der Waals surface area (Å²) in [6.45, 7) is 7.25. The average Bonchev–Trinajstić information content (AvgIpc) is 2.84. The van der Waals surface area contributed by atoms with Gasteiger partial charge in [0, 0.05) is 31.0 Å². The maximum absolute atomic E-state index is 12.8. The summed E-state index contributed by atoms with van der Waals surface area (Å²) in [5.74, 6) is 1.98. The zero-order chi connectivity index (χ0) is 23.6. The molecule has 0 unspecified atom stereocenters. The number of hydrogen-bond acceptors (Lipinski definition) is 3. The lowest BCUT2D eigenvalue weighted by atomic mass is 9.87. The van der Waals surface area contributed by atoms with Crippen LogP contribution in [0.4, 0.5) is 0 Å². The second-order valence-electron chi connectivity index (χ2n) is 8.47. The van der Waals surface area contributed by atoms with Crippen molar-refractivity contribution < 1.29 is 14.3 Å². The van der Waals surface area contributed by atoms with E-state index in [1.165, 1.54) is 5.56 Å². The lowest BCUT2D eigenvalue weighted by molar-refractivity contribution is -0.131. The molecule has 3 aromatic rings. The first-order valence-corrected chi connectivity index (χ1v) is 11.7. The van der Waals surface area contributed by atoms with Gasteiger partial charge in [-0.25, -0.2) is 0 Å². The minimum atomic E-state index is 0.0946. The minimum absolute atomic E-state index is 0.0946. The number of carbonyl (C=O) groups is 1. The molecule has 1 atom stereocenters. The van der Waals surface area contributed by atoms with E-state index >= 15 is 0 Å². The molecule has 1 amide bonds. The van der Waals surface area contributed by atoms with E-state index < -0.39 is 0 Å². The van der Waals surface area contributed by atoms with Crippen LogP contribution in [0, 0.1) is 0 Å². The van der Waals surface area contributed by atoms with Gasteiger partial charge in [0.15, 0.2) is 0 Å². The van der Waals surface area contributed by atoms with Gasteiger partial charge in [-0.15, -0.1) is 0 Å². The Labute approximate surface area is 198 Å². The first-order chi connectivity index (χ1) is 16.0. The van der Waals surface area contributed by atoms with Crippen LogP contribution in [0.15, 0.2) is 78.9 Å². The third kappa shape index (κ3) is 6.85. The van der Waals surface area contributed by atoms with Crippen molar-refractivity contribution in [2.24, 2.45) is 0 Å². The quantitative estimate of drug-likeness (QED) is 0.341. The molecule has 4 nitrogen and oxygen atoms in total. The predicted octanol–water partition coefficient (Wildman–Crippen LogP) is 6.44. The van der Waals surface area contributed by atoms with E-state index in [9.17, 15) is 4.79 Å². The molecule has 0 fully saturated rings. The van der Waals surface area contributed by atoms with Crippen LogP contribution in [0.1, 0.15) is 56.2 Å². The number of methoxy groups -OCH3 is 1. The SMILES string of the molecule is CCC(=O)N(CC[C@@H](c1ccc(OC(C)C)cc1)c1ccccc1OC)Cc1ccccc1. The standard InChI is InChI=1S/C29H35NO3/c1-5-29(31)30(21-23-11-7-6-8-12-23)20-19-26(27-13-9-10-14-28(27)32-4)24-15-17-25(18-16-24)33-22(2)3/h6-18,22,26H,5,19-21H2,1-4H3/t26-/m0/s1. The number of ether oxygens (including phenoxy) is 2. The number of nitrogens with zero attached hydrogens (tertiary/aromatic N) is 1. The van der Waals surface area contributed by atoms with Crippen LogP contribution in [0.2, 0.25) is 0 Å². The second-order valence-corrected chi connectivity index (χ2v) is 8.47. The zero-order valence-corrected chi connectivity index (χ0v) is 20.2. The summed E-state index contributed by atoms with van der Waals surface area (Å²) in [6, 6.07) is 26.6. The predicted molar refractivity (Wildman–Crippen MR) is 134 cm³/mol. The Hall–Kier alpha value is -3.27. The van der Waals surface area contributed by atoms with Gasteiger partial charge < -0.3 is 14.4 Å². The fourth-order valence-electron chi connectivity index (χ4n) is 4.11. The van der Waals surface area contributed by atoms with Crippen LogP contribution in [-0.2, 0) is 11.3 Å². The maximum atomic E-state index is 12.8. The van der Waals surface area contributed by atoms with Crippen LogP contribution in [0.25, 0.3) is 0 Å². The summed E-state index contributed by atoms with van der Waals surface area (Å²) < 4.78 is 11.5. The number of hydrogen-bond donors (Lipinski definition) is 0. The molecule has 0 aliphatic carbocycles. The summed E-state index contributed by atoms with van der Waals surface area (Å²) in [5, 5.41) is 0. The molecular formula is C29H35NO3. The molecule has 33 heavy (non-hydrogen) atoms. The van der Waals surface area contributed by atoms with Gasteiger partial charge in [0.2, 0.25) is 5.91 Å². The molecule has 3 aromatic carbocycles. The third-order valence-corrected chi connectivity index (χ3v) is 5.73. The van der Waals surface area contributed by atoms with Crippen LogP contribution in [-0.4, -0.2) is 30.6 Å². The molecule has 3 rings (SSSR count). The number of amides is 1. The van der Waals surface area contributed by atoms with E-state index in [1.54, 1.807) is 7.11 Å². The molecule has 0 heterocycles. The summed E-state index contributed by atoms with van der Waals surface area (Å²) in [5.41, 5.74) is 3.45. The Balaban J connectivity index is 1.87. The van der Waals surface area contributed by atoms with Crippen molar-refractivity contribution in [2.45, 2.75) is 52.2 Å². The molecule has 0 aliphatic heterocycles. The summed E-state index contributed by atoms with van der Waals surface area (Å²) in [4.78, 5) is 14.7. The molecule has 0 bridgehead atoms. The Bertz CT molecular complexity index is 999. The van der Waals surface area contributed by atoms with E-state index in [2.05, 4.69) is 30.3 Å². The number of benzene rings is 3. The van der Waals surface area contributed by atoms with Gasteiger partial charge in [-0.2, -0.15) is 0 Å². The smallest absolute Gasteiger partial charge is 0.222 e. The number of carbonyl (C=O) groups excluding carboxylic acids is 1. The highest BCUT2D eigenvalue weighted by Gasteiger charge is 2.21. The van der Waals surface area contributed by atoms with Crippen molar-refractivity contribution in [3.63, 3.8) is 0 Å². The normalized spacial score (nSPS) is 11.8. The van der Waals surface area contributed by atoms with E-state index in [1.807, 2.05) is 74.2 Å². The monoisotopic (exact) mass is 445 g/mol. The molecule has 0 radical (unpaired) electrons. The van der Waals surface area contributed by atoms with Gasteiger partial charge in [0.05, 0.1) is 13.2 Å². The first kappa shape index (κ1) is 24.4. The third-order valence-electron chi connectivity index (χ3n) is 5.73. The topological polar surface area (TPSA) is 38.8 Å². The van der Waals surface area contributed by atoms with Gasteiger partial charge in [0.25, 0.3) is 0 Å². The van der Waals surface area contributed by atoms with Crippen LogP contribution in [0.5, 0.6) is 11.5 Å². The van der Waals surface area contributed by atoms with Crippen molar-refractivity contribution in [3.05, 3.63) is 95.6 Å². The highest BCUT2D eigenvalue weighted by Crippen LogP contribution is 2.35. The second kappa shape index (κ2) is 12.1. The first-order valence-electron chi connectivity index (χ1n) is 11.7. The average molecular weight is 446 g/mol. The number of rotatable bonds is 11. The molecule has 0 aromatic heterocycles. The maximum Gasteiger partial charge on any atom is 0.222 e. The highest BCUT2D eigenvalue weighted by molar-refractivity contribution is 5.75. The highest BCUT2D eigenvalue weighted by atomic mass is 16.5. The van der Waals surface area contributed by atoms with Crippen molar-refractivity contribution in [1.82, 2.24) is 4.90 Å². The molecule has 174 valence electrons. The fraction of sp³-hybridized carbons (Fsp3) is 0.345.